The summed E-state index contributed by atoms with van der Waals surface area (Å²) in [7, 11) is 1.86. The number of amides is 3. The molecule has 0 bridgehead atoms. The quantitative estimate of drug-likeness (QED) is 0.749. The molecule has 0 radical (unpaired) electrons. The van der Waals surface area contributed by atoms with Gasteiger partial charge in [0, 0.05) is 68.5 Å². The molecule has 0 spiro atoms. The summed E-state index contributed by atoms with van der Waals surface area (Å²) in [4.78, 5) is 27.8. The first-order valence-electron chi connectivity index (χ1n) is 11.8. The Morgan fingerprint density at radius 1 is 1.09 bits per heavy atom. The number of rotatable bonds is 5. The number of hydrogen-bond donors (Lipinski definition) is 2. The molecule has 1 aromatic heterocycles. The minimum absolute atomic E-state index is 0.00000910. The zero-order chi connectivity index (χ0) is 22.1. The number of nitrogens with one attached hydrogen (secondary N) is 2. The van der Waals surface area contributed by atoms with Gasteiger partial charge >= 0.3 is 6.03 Å². The van der Waals surface area contributed by atoms with E-state index in [1.54, 1.807) is 4.90 Å². The molecule has 172 valence electrons. The number of fused-ring (bicyclic) bond motifs is 1. The van der Waals surface area contributed by atoms with E-state index in [2.05, 4.69) is 44.5 Å². The number of likely N-dealkylation sites (tertiary alicyclic amines) is 1. The van der Waals surface area contributed by atoms with Crippen LogP contribution in [0.5, 0.6) is 0 Å². The number of urea groups is 1. The lowest BCUT2D eigenvalue weighted by atomic mass is 9.90. The fourth-order valence-electron chi connectivity index (χ4n) is 5.52. The Morgan fingerprint density at radius 3 is 2.59 bits per heavy atom. The molecule has 3 aliphatic rings. The number of ether oxygens (including phenoxy) is 1. The van der Waals surface area contributed by atoms with Gasteiger partial charge in [-0.25, -0.2) is 4.79 Å². The number of benzene rings is 1. The molecule has 3 fully saturated rings. The molecule has 0 unspecified atom stereocenters. The van der Waals surface area contributed by atoms with E-state index in [1.165, 1.54) is 5.52 Å². The molecular formula is C24H33N5O3. The fourth-order valence-corrected chi connectivity index (χ4v) is 5.52. The second-order valence-electron chi connectivity index (χ2n) is 9.37. The Labute approximate surface area is 188 Å². The van der Waals surface area contributed by atoms with Crippen molar-refractivity contribution in [3.63, 3.8) is 0 Å². The topological polar surface area (TPSA) is 78.8 Å². The van der Waals surface area contributed by atoms with Crippen molar-refractivity contribution in [1.82, 2.24) is 20.1 Å². The standard InChI is InChI=1S/C24H33N5O3/c1-32-24(8-10-25-11-9-24)17-27-12-5-19(6-13-27)28-14-4-18-16-20(2-3-21(18)28)29-15-7-22(30)26-23(29)31/h2-4,14,16,19,25H,5-13,15,17H2,1H3,(H,26,30,31). The minimum Gasteiger partial charge on any atom is -0.377 e. The summed E-state index contributed by atoms with van der Waals surface area (Å²) >= 11 is 0. The van der Waals surface area contributed by atoms with Gasteiger partial charge in [-0.2, -0.15) is 0 Å². The highest BCUT2D eigenvalue weighted by Gasteiger charge is 2.35. The molecule has 3 amide bonds. The van der Waals surface area contributed by atoms with E-state index in [4.69, 9.17) is 4.74 Å². The number of carbonyl (C=O) groups excluding carboxylic acids is 2. The number of anilines is 1. The first-order valence-corrected chi connectivity index (χ1v) is 11.8. The molecule has 3 aliphatic heterocycles. The Bertz CT molecular complexity index is 989. The lowest BCUT2D eigenvalue weighted by molar-refractivity contribution is -0.120. The molecule has 5 rings (SSSR count). The van der Waals surface area contributed by atoms with Crippen LogP contribution in [-0.2, 0) is 9.53 Å². The largest absolute Gasteiger partial charge is 0.377 e. The fraction of sp³-hybridized carbons (Fsp3) is 0.583. The van der Waals surface area contributed by atoms with Crippen LogP contribution in [-0.4, -0.2) is 73.4 Å². The minimum atomic E-state index is -0.338. The molecule has 0 saturated carbocycles. The summed E-state index contributed by atoms with van der Waals surface area (Å²) in [6, 6.07) is 8.42. The van der Waals surface area contributed by atoms with Gasteiger partial charge < -0.3 is 19.5 Å². The van der Waals surface area contributed by atoms with Gasteiger partial charge in [0.1, 0.15) is 0 Å². The van der Waals surface area contributed by atoms with E-state index in [-0.39, 0.29) is 17.5 Å². The number of piperidine rings is 2. The van der Waals surface area contributed by atoms with Gasteiger partial charge in [0.25, 0.3) is 0 Å². The predicted octanol–water partition coefficient (Wildman–Crippen LogP) is 2.49. The van der Waals surface area contributed by atoms with E-state index in [1.807, 2.05) is 13.2 Å². The maximum atomic E-state index is 12.2. The van der Waals surface area contributed by atoms with Crippen molar-refractivity contribution in [2.75, 3.05) is 51.3 Å². The van der Waals surface area contributed by atoms with Crippen LogP contribution in [0.25, 0.3) is 10.9 Å². The van der Waals surface area contributed by atoms with E-state index in [0.29, 0.717) is 19.0 Å². The summed E-state index contributed by atoms with van der Waals surface area (Å²) in [5, 5.41) is 6.97. The van der Waals surface area contributed by atoms with Gasteiger partial charge in [0.15, 0.2) is 0 Å². The zero-order valence-electron chi connectivity index (χ0n) is 18.8. The molecule has 0 aliphatic carbocycles. The highest BCUT2D eigenvalue weighted by molar-refractivity contribution is 6.06. The van der Waals surface area contributed by atoms with Crippen LogP contribution in [0.2, 0.25) is 0 Å². The monoisotopic (exact) mass is 439 g/mol. The predicted molar refractivity (Wildman–Crippen MR) is 124 cm³/mol. The molecular weight excluding hydrogens is 406 g/mol. The van der Waals surface area contributed by atoms with Crippen LogP contribution in [0.4, 0.5) is 10.5 Å². The highest BCUT2D eigenvalue weighted by atomic mass is 16.5. The Balaban J connectivity index is 1.25. The van der Waals surface area contributed by atoms with Crippen LogP contribution in [0.15, 0.2) is 30.5 Å². The molecule has 4 heterocycles. The number of methoxy groups -OCH3 is 1. The van der Waals surface area contributed by atoms with Crippen molar-refractivity contribution in [2.24, 2.45) is 0 Å². The first kappa shape index (κ1) is 21.4. The van der Waals surface area contributed by atoms with Gasteiger partial charge in [-0.1, -0.05) is 0 Å². The third-order valence-corrected chi connectivity index (χ3v) is 7.48. The molecule has 1 aromatic carbocycles. The van der Waals surface area contributed by atoms with E-state index in [9.17, 15) is 9.59 Å². The Morgan fingerprint density at radius 2 is 1.88 bits per heavy atom. The van der Waals surface area contributed by atoms with Crippen molar-refractivity contribution in [3.05, 3.63) is 30.5 Å². The van der Waals surface area contributed by atoms with Crippen molar-refractivity contribution in [3.8, 4) is 0 Å². The number of imide groups is 1. The first-order chi connectivity index (χ1) is 15.6. The average molecular weight is 440 g/mol. The maximum Gasteiger partial charge on any atom is 0.328 e. The summed E-state index contributed by atoms with van der Waals surface area (Å²) in [6.07, 6.45) is 6.93. The van der Waals surface area contributed by atoms with Gasteiger partial charge in [-0.05, 0) is 63.0 Å². The summed E-state index contributed by atoms with van der Waals surface area (Å²) < 4.78 is 8.37. The number of carbonyl (C=O) groups is 2. The Kier molecular flexibility index (Phi) is 5.92. The zero-order valence-corrected chi connectivity index (χ0v) is 18.8. The van der Waals surface area contributed by atoms with Crippen molar-refractivity contribution in [2.45, 2.75) is 43.7 Å². The van der Waals surface area contributed by atoms with Crippen LogP contribution in [0.3, 0.4) is 0 Å². The van der Waals surface area contributed by atoms with Crippen LogP contribution < -0.4 is 15.5 Å². The smallest absolute Gasteiger partial charge is 0.328 e. The SMILES string of the molecule is COC1(CN2CCC(n3ccc4cc(N5CCC(=O)NC5=O)ccc43)CC2)CCNCC1. The normalized spacial score (nSPS) is 23.0. The van der Waals surface area contributed by atoms with Gasteiger partial charge in [0.05, 0.1) is 5.60 Å². The third kappa shape index (κ3) is 4.14. The van der Waals surface area contributed by atoms with Crippen molar-refractivity contribution >= 4 is 28.5 Å². The second kappa shape index (κ2) is 8.84. The van der Waals surface area contributed by atoms with Gasteiger partial charge in [-0.3, -0.25) is 15.0 Å². The Hall–Kier alpha value is -2.42. The molecule has 3 saturated heterocycles. The van der Waals surface area contributed by atoms with Crippen molar-refractivity contribution < 1.29 is 14.3 Å². The highest BCUT2D eigenvalue weighted by Crippen LogP contribution is 2.32. The summed E-state index contributed by atoms with van der Waals surface area (Å²) in [5.74, 6) is -0.207. The molecule has 0 atom stereocenters. The van der Waals surface area contributed by atoms with Gasteiger partial charge in [0.2, 0.25) is 5.91 Å². The van der Waals surface area contributed by atoms with Gasteiger partial charge in [-0.15, -0.1) is 0 Å². The van der Waals surface area contributed by atoms with E-state index in [0.717, 1.165) is 69.5 Å². The third-order valence-electron chi connectivity index (χ3n) is 7.48. The lowest BCUT2D eigenvalue weighted by Crippen LogP contribution is -2.52. The van der Waals surface area contributed by atoms with E-state index < -0.39 is 0 Å². The average Bonchev–Trinajstić information content (AvgIpc) is 3.23. The van der Waals surface area contributed by atoms with Crippen LogP contribution >= 0.6 is 0 Å². The number of nitrogens with zero attached hydrogens (tertiary/aromatic N) is 3. The summed E-state index contributed by atoms with van der Waals surface area (Å²) in [5.41, 5.74) is 2.04. The number of aromatic nitrogens is 1. The molecule has 8 heteroatoms. The second-order valence-corrected chi connectivity index (χ2v) is 9.37. The number of hydrogen-bond acceptors (Lipinski definition) is 5. The van der Waals surface area contributed by atoms with Crippen LogP contribution in [0.1, 0.15) is 38.1 Å². The van der Waals surface area contributed by atoms with Crippen LogP contribution in [0, 0.1) is 0 Å². The molecule has 32 heavy (non-hydrogen) atoms. The molecule has 2 N–H and O–H groups in total. The molecule has 8 nitrogen and oxygen atoms in total. The summed E-state index contributed by atoms with van der Waals surface area (Å²) in [6.45, 7) is 5.70. The lowest BCUT2D eigenvalue weighted by Gasteiger charge is -2.42. The van der Waals surface area contributed by atoms with E-state index >= 15 is 0 Å². The van der Waals surface area contributed by atoms with Crippen molar-refractivity contribution in [1.29, 1.82) is 0 Å². The molecule has 2 aromatic rings. The maximum absolute atomic E-state index is 12.2.